The van der Waals surface area contributed by atoms with Gasteiger partial charge in [-0.15, -0.1) is 0 Å². The maximum absolute atomic E-state index is 4.68. The third kappa shape index (κ3) is 4.51. The van der Waals surface area contributed by atoms with Gasteiger partial charge in [-0.1, -0.05) is 6.92 Å². The van der Waals surface area contributed by atoms with Gasteiger partial charge in [-0.2, -0.15) is 0 Å². The largest absolute Gasteiger partial charge is 0.356 e. The number of piperidine rings is 1. The van der Waals surface area contributed by atoms with Crippen LogP contribution in [0.5, 0.6) is 0 Å². The molecule has 0 radical (unpaired) electrons. The molecule has 1 N–H and O–H groups in total. The minimum absolute atomic E-state index is 0.508. The number of hydrogen-bond acceptors (Lipinski definition) is 6. The van der Waals surface area contributed by atoms with Crippen LogP contribution in [-0.4, -0.2) is 39.1 Å². The van der Waals surface area contributed by atoms with Gasteiger partial charge in [-0.3, -0.25) is 0 Å². The van der Waals surface area contributed by atoms with Crippen molar-refractivity contribution in [3.05, 3.63) is 40.9 Å². The van der Waals surface area contributed by atoms with Gasteiger partial charge >= 0.3 is 0 Å². The second kappa shape index (κ2) is 7.87. The molecule has 0 unspecified atom stereocenters. The first-order valence-electron chi connectivity index (χ1n) is 9.17. The van der Waals surface area contributed by atoms with Crippen molar-refractivity contribution in [1.29, 1.82) is 0 Å². The molecule has 134 valence electrons. The lowest BCUT2D eigenvalue weighted by atomic mass is 10.0. The minimum Gasteiger partial charge on any atom is -0.356 e. The van der Waals surface area contributed by atoms with E-state index >= 15 is 0 Å². The van der Waals surface area contributed by atoms with Crippen LogP contribution < -0.4 is 10.2 Å². The summed E-state index contributed by atoms with van der Waals surface area (Å²) >= 11 is 0. The van der Waals surface area contributed by atoms with Gasteiger partial charge in [0.05, 0.1) is 6.54 Å². The molecule has 6 nitrogen and oxygen atoms in total. The lowest BCUT2D eigenvalue weighted by Gasteiger charge is -2.34. The zero-order valence-corrected chi connectivity index (χ0v) is 15.7. The van der Waals surface area contributed by atoms with E-state index in [1.165, 1.54) is 5.56 Å². The standard InChI is InChI=1S/C19H28N6/c1-5-16-11-20-15(4)24-19(16)25-8-6-17(7-9-25)21-12-18-22-13(2)10-14(3)23-18/h10-11,17,21H,5-9,12H2,1-4H3. The molecule has 3 rings (SSSR count). The number of rotatable bonds is 5. The summed E-state index contributed by atoms with van der Waals surface area (Å²) in [5.41, 5.74) is 3.30. The van der Waals surface area contributed by atoms with E-state index < -0.39 is 0 Å². The Bertz CT molecular complexity index is 702. The number of hydrogen-bond donors (Lipinski definition) is 1. The predicted octanol–water partition coefficient (Wildman–Crippen LogP) is 2.51. The van der Waals surface area contributed by atoms with E-state index in [0.717, 1.165) is 67.8 Å². The molecule has 1 aliphatic rings. The summed E-state index contributed by atoms with van der Waals surface area (Å²) in [4.78, 5) is 20.4. The molecule has 2 aromatic rings. The maximum Gasteiger partial charge on any atom is 0.142 e. The van der Waals surface area contributed by atoms with E-state index in [4.69, 9.17) is 0 Å². The molecule has 0 bridgehead atoms. The fraction of sp³-hybridized carbons (Fsp3) is 0.579. The second-order valence-corrected chi connectivity index (χ2v) is 6.83. The molecule has 3 heterocycles. The van der Waals surface area contributed by atoms with Gasteiger partial charge in [0.1, 0.15) is 17.5 Å². The van der Waals surface area contributed by atoms with Crippen molar-refractivity contribution in [2.24, 2.45) is 0 Å². The van der Waals surface area contributed by atoms with Gasteiger partial charge in [0.15, 0.2) is 0 Å². The van der Waals surface area contributed by atoms with E-state index in [9.17, 15) is 0 Å². The number of aryl methyl sites for hydroxylation is 4. The summed E-state index contributed by atoms with van der Waals surface area (Å²) in [7, 11) is 0. The number of nitrogens with zero attached hydrogens (tertiary/aromatic N) is 5. The number of nitrogens with one attached hydrogen (secondary N) is 1. The van der Waals surface area contributed by atoms with Crippen LogP contribution in [0.25, 0.3) is 0 Å². The molecule has 1 saturated heterocycles. The normalized spacial score (nSPS) is 15.6. The van der Waals surface area contributed by atoms with E-state index in [1.54, 1.807) is 0 Å². The fourth-order valence-electron chi connectivity index (χ4n) is 3.42. The lowest BCUT2D eigenvalue weighted by molar-refractivity contribution is 0.407. The Balaban J connectivity index is 1.56. The summed E-state index contributed by atoms with van der Waals surface area (Å²) in [6, 6.07) is 2.52. The fourth-order valence-corrected chi connectivity index (χ4v) is 3.42. The monoisotopic (exact) mass is 340 g/mol. The quantitative estimate of drug-likeness (QED) is 0.902. The first kappa shape index (κ1) is 17.7. The Kier molecular flexibility index (Phi) is 5.58. The van der Waals surface area contributed by atoms with Gasteiger partial charge in [-0.05, 0) is 46.1 Å². The Hall–Kier alpha value is -2.08. The molecule has 0 spiro atoms. The van der Waals surface area contributed by atoms with Crippen molar-refractivity contribution in [3.63, 3.8) is 0 Å². The first-order valence-corrected chi connectivity index (χ1v) is 9.17. The zero-order chi connectivity index (χ0) is 17.8. The molecule has 25 heavy (non-hydrogen) atoms. The van der Waals surface area contributed by atoms with Crippen molar-refractivity contribution in [1.82, 2.24) is 25.3 Å². The summed E-state index contributed by atoms with van der Waals surface area (Å²) in [6.45, 7) is 10.9. The molecule has 0 saturated carbocycles. The van der Waals surface area contributed by atoms with E-state index in [2.05, 4.69) is 37.1 Å². The molecule has 1 aliphatic heterocycles. The molecular weight excluding hydrogens is 312 g/mol. The number of anilines is 1. The molecule has 1 fully saturated rings. The second-order valence-electron chi connectivity index (χ2n) is 6.83. The average Bonchev–Trinajstić information content (AvgIpc) is 2.59. The molecule has 0 amide bonds. The third-order valence-corrected chi connectivity index (χ3v) is 4.71. The third-order valence-electron chi connectivity index (χ3n) is 4.71. The Morgan fingerprint density at radius 1 is 1.08 bits per heavy atom. The van der Waals surface area contributed by atoms with Gasteiger partial charge in [-0.25, -0.2) is 19.9 Å². The highest BCUT2D eigenvalue weighted by Gasteiger charge is 2.22. The van der Waals surface area contributed by atoms with Gasteiger partial charge in [0, 0.05) is 42.3 Å². The van der Waals surface area contributed by atoms with Gasteiger partial charge < -0.3 is 10.2 Å². The zero-order valence-electron chi connectivity index (χ0n) is 15.7. The molecule has 2 aromatic heterocycles. The highest BCUT2D eigenvalue weighted by Crippen LogP contribution is 2.22. The highest BCUT2D eigenvalue weighted by molar-refractivity contribution is 5.46. The van der Waals surface area contributed by atoms with Crippen molar-refractivity contribution in [3.8, 4) is 0 Å². The molecule has 0 aromatic carbocycles. The molecule has 0 atom stereocenters. The summed E-state index contributed by atoms with van der Waals surface area (Å²) in [5.74, 6) is 2.85. The van der Waals surface area contributed by atoms with E-state index in [1.807, 2.05) is 33.0 Å². The SMILES string of the molecule is CCc1cnc(C)nc1N1CCC(NCc2nc(C)cc(C)n2)CC1. The topological polar surface area (TPSA) is 66.8 Å². The van der Waals surface area contributed by atoms with Crippen molar-refractivity contribution in [2.75, 3.05) is 18.0 Å². The summed E-state index contributed by atoms with van der Waals surface area (Å²) < 4.78 is 0. The Labute approximate surface area is 150 Å². The van der Waals surface area contributed by atoms with Crippen LogP contribution in [-0.2, 0) is 13.0 Å². The molecular formula is C19H28N6. The maximum atomic E-state index is 4.68. The van der Waals surface area contributed by atoms with Gasteiger partial charge in [0.2, 0.25) is 0 Å². The van der Waals surface area contributed by atoms with Crippen molar-refractivity contribution in [2.45, 2.75) is 59.5 Å². The van der Waals surface area contributed by atoms with E-state index in [0.29, 0.717) is 6.04 Å². The van der Waals surface area contributed by atoms with Crippen LogP contribution in [0.4, 0.5) is 5.82 Å². The van der Waals surface area contributed by atoms with Crippen LogP contribution in [0, 0.1) is 20.8 Å². The summed E-state index contributed by atoms with van der Waals surface area (Å²) in [5, 5.41) is 3.62. The Morgan fingerprint density at radius 2 is 1.76 bits per heavy atom. The molecule has 0 aliphatic carbocycles. The first-order chi connectivity index (χ1) is 12.0. The van der Waals surface area contributed by atoms with Crippen LogP contribution in [0.1, 0.15) is 48.4 Å². The number of aromatic nitrogens is 4. The highest BCUT2D eigenvalue weighted by atomic mass is 15.2. The van der Waals surface area contributed by atoms with Crippen LogP contribution in [0.15, 0.2) is 12.3 Å². The molecule has 6 heteroatoms. The van der Waals surface area contributed by atoms with Crippen molar-refractivity contribution >= 4 is 5.82 Å². The Morgan fingerprint density at radius 3 is 2.40 bits per heavy atom. The summed E-state index contributed by atoms with van der Waals surface area (Å²) in [6.07, 6.45) is 5.16. The predicted molar refractivity (Wildman–Crippen MR) is 99.7 cm³/mol. The van der Waals surface area contributed by atoms with Crippen LogP contribution in [0.3, 0.4) is 0 Å². The lowest BCUT2D eigenvalue weighted by Crippen LogP contribution is -2.43. The average molecular weight is 340 g/mol. The van der Waals surface area contributed by atoms with Crippen molar-refractivity contribution < 1.29 is 0 Å². The van der Waals surface area contributed by atoms with E-state index in [-0.39, 0.29) is 0 Å². The van der Waals surface area contributed by atoms with Crippen LogP contribution >= 0.6 is 0 Å². The van der Waals surface area contributed by atoms with Gasteiger partial charge in [0.25, 0.3) is 0 Å². The smallest absolute Gasteiger partial charge is 0.142 e. The van der Waals surface area contributed by atoms with Crippen LogP contribution in [0.2, 0.25) is 0 Å². The minimum atomic E-state index is 0.508.